The predicted octanol–water partition coefficient (Wildman–Crippen LogP) is 0.887. The van der Waals surface area contributed by atoms with E-state index in [-0.39, 0.29) is 24.8 Å². The summed E-state index contributed by atoms with van der Waals surface area (Å²) in [5.74, 6) is -0.824. The Morgan fingerprint density at radius 3 is 2.59 bits per heavy atom. The Hall–Kier alpha value is -1.64. The smallest absolute Gasteiger partial charge is 0.251 e. The molecule has 1 aliphatic heterocycles. The van der Waals surface area contributed by atoms with Crippen molar-refractivity contribution in [3.8, 4) is 0 Å². The van der Waals surface area contributed by atoms with E-state index >= 15 is 0 Å². The van der Waals surface area contributed by atoms with Gasteiger partial charge in [0.25, 0.3) is 5.91 Å². The second kappa shape index (κ2) is 7.57. The van der Waals surface area contributed by atoms with Gasteiger partial charge < -0.3 is 16.0 Å². The molecule has 1 atom stereocenters. The number of nitrogens with zero attached hydrogens (tertiary/aromatic N) is 1. The molecule has 1 saturated heterocycles. The highest BCUT2D eigenvalue weighted by Gasteiger charge is 2.32. The van der Waals surface area contributed by atoms with Crippen LogP contribution in [0.3, 0.4) is 0 Å². The zero-order valence-corrected chi connectivity index (χ0v) is 14.2. The highest BCUT2D eigenvalue weighted by molar-refractivity contribution is 14.1. The third-order valence-corrected chi connectivity index (χ3v) is 4.35. The molecule has 0 spiro atoms. The van der Waals surface area contributed by atoms with Crippen molar-refractivity contribution in [1.29, 1.82) is 0 Å². The van der Waals surface area contributed by atoms with E-state index in [1.807, 2.05) is 12.1 Å². The van der Waals surface area contributed by atoms with Gasteiger partial charge in [0, 0.05) is 28.6 Å². The highest BCUT2D eigenvalue weighted by Crippen LogP contribution is 2.17. The number of primary amides is 1. The Morgan fingerprint density at radius 1 is 1.27 bits per heavy atom. The summed E-state index contributed by atoms with van der Waals surface area (Å²) >= 11 is 2.17. The van der Waals surface area contributed by atoms with E-state index in [4.69, 9.17) is 5.73 Å². The molecule has 3 N–H and O–H groups in total. The number of nitrogens with two attached hydrogens (primary N) is 1. The van der Waals surface area contributed by atoms with Gasteiger partial charge in [0.2, 0.25) is 11.8 Å². The van der Waals surface area contributed by atoms with Gasteiger partial charge in [0.15, 0.2) is 0 Å². The van der Waals surface area contributed by atoms with Crippen LogP contribution in [0.1, 0.15) is 29.6 Å². The van der Waals surface area contributed by atoms with Crippen LogP contribution in [0.15, 0.2) is 24.3 Å². The van der Waals surface area contributed by atoms with Crippen LogP contribution in [-0.2, 0) is 9.59 Å². The number of rotatable bonds is 5. The van der Waals surface area contributed by atoms with Gasteiger partial charge in [0.05, 0.1) is 0 Å². The molecule has 3 amide bonds. The second-order valence-corrected chi connectivity index (χ2v) is 6.41. The number of hydrogen-bond donors (Lipinski definition) is 2. The summed E-state index contributed by atoms with van der Waals surface area (Å²) in [7, 11) is 0. The van der Waals surface area contributed by atoms with Gasteiger partial charge in [-0.2, -0.15) is 0 Å². The van der Waals surface area contributed by atoms with Gasteiger partial charge in [-0.3, -0.25) is 14.4 Å². The molecule has 2 rings (SSSR count). The lowest BCUT2D eigenvalue weighted by atomic mass is 10.2. The van der Waals surface area contributed by atoms with Crippen LogP contribution >= 0.6 is 22.6 Å². The Balaban J connectivity index is 1.80. The molecule has 7 heteroatoms. The van der Waals surface area contributed by atoms with E-state index in [0.717, 1.165) is 9.99 Å². The lowest BCUT2D eigenvalue weighted by Gasteiger charge is -2.22. The molecule has 0 aromatic heterocycles. The molecule has 1 fully saturated rings. The average Bonchev–Trinajstić information content (AvgIpc) is 2.97. The standard InChI is InChI=1S/C15H18IN3O3/c16-11-5-3-10(4-6-11)15(22)18-8-7-13(20)19-9-1-2-12(19)14(17)21/h3-6,12H,1-2,7-9H2,(H2,17,21)(H,18,22). The number of hydrogen-bond acceptors (Lipinski definition) is 3. The highest BCUT2D eigenvalue weighted by atomic mass is 127. The second-order valence-electron chi connectivity index (χ2n) is 5.16. The molecular weight excluding hydrogens is 397 g/mol. The first-order valence-corrected chi connectivity index (χ1v) is 8.19. The normalized spacial score (nSPS) is 17.3. The maximum Gasteiger partial charge on any atom is 0.251 e. The Kier molecular flexibility index (Phi) is 5.76. The van der Waals surface area contributed by atoms with Crippen molar-refractivity contribution < 1.29 is 14.4 Å². The summed E-state index contributed by atoms with van der Waals surface area (Å²) in [6.45, 7) is 0.795. The minimum atomic E-state index is -0.501. The van der Waals surface area contributed by atoms with Crippen LogP contribution < -0.4 is 11.1 Å². The van der Waals surface area contributed by atoms with Gasteiger partial charge in [-0.1, -0.05) is 0 Å². The molecule has 1 aromatic carbocycles. The summed E-state index contributed by atoms with van der Waals surface area (Å²) in [5, 5.41) is 2.71. The maximum absolute atomic E-state index is 12.1. The SMILES string of the molecule is NC(=O)C1CCCN1C(=O)CCNC(=O)c1ccc(I)cc1. The zero-order valence-electron chi connectivity index (χ0n) is 12.0. The summed E-state index contributed by atoms with van der Waals surface area (Å²) in [5.41, 5.74) is 5.85. The number of carbonyl (C=O) groups is 3. The number of likely N-dealkylation sites (tertiary alicyclic amines) is 1. The van der Waals surface area contributed by atoms with Crippen molar-refractivity contribution >= 4 is 40.3 Å². The van der Waals surface area contributed by atoms with Crippen LogP contribution in [0.4, 0.5) is 0 Å². The summed E-state index contributed by atoms with van der Waals surface area (Å²) in [6.07, 6.45) is 1.57. The number of halogens is 1. The Bertz CT molecular complexity index is 574. The molecule has 118 valence electrons. The predicted molar refractivity (Wildman–Crippen MR) is 90.0 cm³/mol. The largest absolute Gasteiger partial charge is 0.368 e. The average molecular weight is 415 g/mol. The van der Waals surface area contributed by atoms with E-state index in [1.165, 1.54) is 4.90 Å². The number of amides is 3. The van der Waals surface area contributed by atoms with Crippen molar-refractivity contribution in [2.45, 2.75) is 25.3 Å². The van der Waals surface area contributed by atoms with E-state index in [9.17, 15) is 14.4 Å². The van der Waals surface area contributed by atoms with E-state index in [1.54, 1.807) is 12.1 Å². The zero-order chi connectivity index (χ0) is 16.1. The summed E-state index contributed by atoms with van der Waals surface area (Å²) < 4.78 is 1.05. The van der Waals surface area contributed by atoms with E-state index in [2.05, 4.69) is 27.9 Å². The fourth-order valence-electron chi connectivity index (χ4n) is 2.49. The van der Waals surface area contributed by atoms with E-state index < -0.39 is 11.9 Å². The lowest BCUT2D eigenvalue weighted by molar-refractivity contribution is -0.137. The Morgan fingerprint density at radius 2 is 1.95 bits per heavy atom. The topological polar surface area (TPSA) is 92.5 Å². The van der Waals surface area contributed by atoms with Crippen molar-refractivity contribution in [3.63, 3.8) is 0 Å². The summed E-state index contributed by atoms with van der Waals surface area (Å²) in [6, 6.07) is 6.68. The number of carbonyl (C=O) groups excluding carboxylic acids is 3. The van der Waals surface area contributed by atoms with Crippen LogP contribution in [0.5, 0.6) is 0 Å². The molecule has 0 bridgehead atoms. The summed E-state index contributed by atoms with van der Waals surface area (Å²) in [4.78, 5) is 36.8. The third kappa shape index (κ3) is 4.19. The van der Waals surface area contributed by atoms with Crippen LogP contribution in [0.25, 0.3) is 0 Å². The molecule has 0 saturated carbocycles. The number of benzene rings is 1. The molecule has 1 unspecified atom stereocenters. The van der Waals surface area contributed by atoms with E-state index in [0.29, 0.717) is 18.5 Å². The molecule has 22 heavy (non-hydrogen) atoms. The lowest BCUT2D eigenvalue weighted by Crippen LogP contribution is -2.44. The minimum absolute atomic E-state index is 0.149. The van der Waals surface area contributed by atoms with Crippen LogP contribution in [-0.4, -0.2) is 41.8 Å². The van der Waals surface area contributed by atoms with Crippen molar-refractivity contribution in [2.75, 3.05) is 13.1 Å². The minimum Gasteiger partial charge on any atom is -0.368 e. The fourth-order valence-corrected chi connectivity index (χ4v) is 2.85. The molecule has 0 aliphatic carbocycles. The van der Waals surface area contributed by atoms with Crippen molar-refractivity contribution in [2.24, 2.45) is 5.73 Å². The number of nitrogens with one attached hydrogen (secondary N) is 1. The molecule has 1 aliphatic rings. The van der Waals surface area contributed by atoms with Crippen LogP contribution in [0, 0.1) is 3.57 Å². The van der Waals surface area contributed by atoms with Crippen LogP contribution in [0.2, 0.25) is 0 Å². The Labute approximate surface area is 142 Å². The van der Waals surface area contributed by atoms with Gasteiger partial charge in [0.1, 0.15) is 6.04 Å². The van der Waals surface area contributed by atoms with Gasteiger partial charge in [-0.25, -0.2) is 0 Å². The van der Waals surface area contributed by atoms with Gasteiger partial charge in [-0.15, -0.1) is 0 Å². The monoisotopic (exact) mass is 415 g/mol. The van der Waals surface area contributed by atoms with Crippen molar-refractivity contribution in [3.05, 3.63) is 33.4 Å². The van der Waals surface area contributed by atoms with Gasteiger partial charge >= 0.3 is 0 Å². The molecule has 1 aromatic rings. The fraction of sp³-hybridized carbons (Fsp3) is 0.400. The molecule has 0 radical (unpaired) electrons. The third-order valence-electron chi connectivity index (χ3n) is 3.63. The first-order valence-electron chi connectivity index (χ1n) is 7.11. The van der Waals surface area contributed by atoms with Gasteiger partial charge in [-0.05, 0) is 59.7 Å². The van der Waals surface area contributed by atoms with Crippen molar-refractivity contribution in [1.82, 2.24) is 10.2 Å². The first-order chi connectivity index (χ1) is 10.5. The molecule has 6 nitrogen and oxygen atoms in total. The maximum atomic E-state index is 12.1. The first kappa shape index (κ1) is 16.7. The quantitative estimate of drug-likeness (QED) is 0.700. The molecular formula is C15H18IN3O3. The molecule has 1 heterocycles.